The smallest absolute Gasteiger partial charge is 0.323 e. The summed E-state index contributed by atoms with van der Waals surface area (Å²) in [6, 6.07) is 7.33. The Labute approximate surface area is 147 Å². The molecule has 3 rings (SSSR count). The Morgan fingerprint density at radius 3 is 2.67 bits per heavy atom. The van der Waals surface area contributed by atoms with Crippen molar-refractivity contribution in [2.24, 2.45) is 5.92 Å². The van der Waals surface area contributed by atoms with Gasteiger partial charge in [-0.1, -0.05) is 43.5 Å². The zero-order valence-electron chi connectivity index (χ0n) is 14.2. The van der Waals surface area contributed by atoms with Crippen LogP contribution in [0.15, 0.2) is 24.3 Å². The van der Waals surface area contributed by atoms with E-state index in [0.29, 0.717) is 18.2 Å². The average Bonchev–Trinajstić information content (AvgIpc) is 2.78. The van der Waals surface area contributed by atoms with Crippen LogP contribution >= 0.6 is 11.6 Å². The molecule has 1 saturated heterocycles. The van der Waals surface area contributed by atoms with E-state index in [-0.39, 0.29) is 17.9 Å². The zero-order valence-corrected chi connectivity index (χ0v) is 15.0. The number of carbonyl (C=O) groups excluding carboxylic acids is 2. The first-order valence-electron chi connectivity index (χ1n) is 8.49. The van der Waals surface area contributed by atoms with E-state index in [9.17, 15) is 9.59 Å². The van der Waals surface area contributed by atoms with E-state index in [2.05, 4.69) is 12.2 Å². The summed E-state index contributed by atoms with van der Waals surface area (Å²) in [6.07, 6.45) is 3.85. The third kappa shape index (κ3) is 3.15. The van der Waals surface area contributed by atoms with Gasteiger partial charge in [-0.05, 0) is 43.5 Å². The second kappa shape index (κ2) is 6.73. The quantitative estimate of drug-likeness (QED) is 0.849. The Hall–Kier alpha value is -1.59. The topological polar surface area (TPSA) is 52.7 Å². The van der Waals surface area contributed by atoms with Gasteiger partial charge in [-0.3, -0.25) is 9.69 Å². The van der Waals surface area contributed by atoms with Crippen LogP contribution in [0, 0.1) is 5.92 Å². The molecule has 1 aliphatic heterocycles. The molecular weight excluding hydrogens is 326 g/mol. The number of nitrogens with zero attached hydrogens (tertiary/aromatic N) is 2. The zero-order chi connectivity index (χ0) is 17.3. The average molecular weight is 350 g/mol. The van der Waals surface area contributed by atoms with Crippen molar-refractivity contribution in [2.75, 3.05) is 13.7 Å². The molecule has 1 aromatic rings. The summed E-state index contributed by atoms with van der Waals surface area (Å²) in [5.74, 6) is 0.122. The van der Waals surface area contributed by atoms with Gasteiger partial charge < -0.3 is 5.32 Å². The van der Waals surface area contributed by atoms with Crippen molar-refractivity contribution in [3.8, 4) is 0 Å². The van der Waals surface area contributed by atoms with E-state index in [1.165, 1.54) is 4.90 Å². The predicted molar refractivity (Wildman–Crippen MR) is 93.5 cm³/mol. The van der Waals surface area contributed by atoms with Gasteiger partial charge in [-0.15, -0.1) is 0 Å². The summed E-state index contributed by atoms with van der Waals surface area (Å²) in [7, 11) is 1.91. The lowest BCUT2D eigenvalue weighted by atomic mass is 9.73. The molecule has 0 unspecified atom stereocenters. The van der Waals surface area contributed by atoms with E-state index < -0.39 is 5.54 Å². The number of amides is 3. The predicted octanol–water partition coefficient (Wildman–Crippen LogP) is 3.23. The first-order valence-corrected chi connectivity index (χ1v) is 8.87. The molecule has 0 bridgehead atoms. The fraction of sp³-hybridized carbons (Fsp3) is 0.556. The third-order valence-corrected chi connectivity index (χ3v) is 5.50. The number of hydrogen-bond acceptors (Lipinski definition) is 3. The third-order valence-electron chi connectivity index (χ3n) is 5.25. The van der Waals surface area contributed by atoms with Crippen molar-refractivity contribution < 1.29 is 9.59 Å². The van der Waals surface area contributed by atoms with Crippen LogP contribution in [0.2, 0.25) is 5.02 Å². The lowest BCUT2D eigenvalue weighted by Gasteiger charge is -2.37. The number of benzene rings is 1. The summed E-state index contributed by atoms with van der Waals surface area (Å²) >= 11 is 5.90. The van der Waals surface area contributed by atoms with E-state index in [1.54, 1.807) is 0 Å². The highest BCUT2D eigenvalue weighted by atomic mass is 35.5. The molecule has 1 spiro atoms. The van der Waals surface area contributed by atoms with Crippen LogP contribution in [0.3, 0.4) is 0 Å². The second-order valence-electron chi connectivity index (χ2n) is 7.06. The van der Waals surface area contributed by atoms with Gasteiger partial charge in [0.25, 0.3) is 5.91 Å². The number of urea groups is 1. The van der Waals surface area contributed by atoms with E-state index in [1.807, 2.05) is 36.2 Å². The highest BCUT2D eigenvalue weighted by Crippen LogP contribution is 2.38. The SMILES string of the molecule is C[C@H]1CCCC[C@@]12NC(=O)N(CN(C)Cc1ccc(Cl)cc1)C2=O. The number of imide groups is 1. The molecule has 2 fully saturated rings. The van der Waals surface area contributed by atoms with Crippen LogP contribution in [-0.4, -0.2) is 41.0 Å². The molecule has 5 nitrogen and oxygen atoms in total. The molecular formula is C18H24ClN3O2. The number of halogens is 1. The molecule has 1 heterocycles. The van der Waals surface area contributed by atoms with Gasteiger partial charge in [0.05, 0.1) is 6.67 Å². The van der Waals surface area contributed by atoms with Crippen molar-refractivity contribution in [2.45, 2.75) is 44.7 Å². The Balaban J connectivity index is 1.67. The van der Waals surface area contributed by atoms with Gasteiger partial charge in [-0.2, -0.15) is 0 Å². The molecule has 1 saturated carbocycles. The van der Waals surface area contributed by atoms with Gasteiger partial charge in [0.2, 0.25) is 0 Å². The molecule has 3 amide bonds. The molecule has 1 aromatic carbocycles. The first kappa shape index (κ1) is 17.2. The monoisotopic (exact) mass is 349 g/mol. The van der Waals surface area contributed by atoms with Crippen molar-refractivity contribution in [3.05, 3.63) is 34.9 Å². The second-order valence-corrected chi connectivity index (χ2v) is 7.50. The Morgan fingerprint density at radius 1 is 1.29 bits per heavy atom. The van der Waals surface area contributed by atoms with Crippen LogP contribution in [0.5, 0.6) is 0 Å². The van der Waals surface area contributed by atoms with Crippen molar-refractivity contribution in [1.82, 2.24) is 15.1 Å². The highest BCUT2D eigenvalue weighted by molar-refractivity contribution is 6.30. The number of carbonyl (C=O) groups is 2. The van der Waals surface area contributed by atoms with Crippen LogP contribution in [0.1, 0.15) is 38.2 Å². The normalized spacial score (nSPS) is 27.2. The van der Waals surface area contributed by atoms with Gasteiger partial charge in [0, 0.05) is 11.6 Å². The molecule has 1 N–H and O–H groups in total. The summed E-state index contributed by atoms with van der Waals surface area (Å²) in [6.45, 7) is 3.01. The number of nitrogens with one attached hydrogen (secondary N) is 1. The largest absolute Gasteiger partial charge is 0.326 e. The summed E-state index contributed by atoms with van der Waals surface area (Å²) in [5, 5.41) is 3.69. The van der Waals surface area contributed by atoms with E-state index >= 15 is 0 Å². The van der Waals surface area contributed by atoms with Crippen molar-refractivity contribution in [1.29, 1.82) is 0 Å². The minimum atomic E-state index is -0.684. The minimum absolute atomic E-state index is 0.0670. The van der Waals surface area contributed by atoms with Gasteiger partial charge in [-0.25, -0.2) is 9.69 Å². The molecule has 6 heteroatoms. The summed E-state index contributed by atoms with van der Waals surface area (Å²) in [5.41, 5.74) is 0.408. The molecule has 130 valence electrons. The summed E-state index contributed by atoms with van der Waals surface area (Å²) in [4.78, 5) is 28.6. The van der Waals surface area contributed by atoms with Crippen LogP contribution in [0.4, 0.5) is 4.79 Å². The van der Waals surface area contributed by atoms with Crippen molar-refractivity contribution >= 4 is 23.5 Å². The molecule has 1 aliphatic carbocycles. The number of hydrogen-bond donors (Lipinski definition) is 1. The highest BCUT2D eigenvalue weighted by Gasteiger charge is 2.54. The minimum Gasteiger partial charge on any atom is -0.323 e. The lowest BCUT2D eigenvalue weighted by Crippen LogP contribution is -2.54. The Bertz CT molecular complexity index is 634. The maximum absolute atomic E-state index is 12.9. The first-order chi connectivity index (χ1) is 11.4. The molecule has 2 aliphatic rings. The Kier molecular flexibility index (Phi) is 4.83. The van der Waals surface area contributed by atoms with Gasteiger partial charge in [0.15, 0.2) is 0 Å². The fourth-order valence-corrected chi connectivity index (χ4v) is 3.94. The molecule has 24 heavy (non-hydrogen) atoms. The maximum Gasteiger partial charge on any atom is 0.326 e. The molecule has 2 atom stereocenters. The lowest BCUT2D eigenvalue weighted by molar-refractivity contribution is -0.135. The van der Waals surface area contributed by atoms with Crippen LogP contribution < -0.4 is 5.32 Å². The number of rotatable bonds is 4. The van der Waals surface area contributed by atoms with E-state index in [4.69, 9.17) is 11.6 Å². The fourth-order valence-electron chi connectivity index (χ4n) is 3.82. The molecule has 0 aromatic heterocycles. The maximum atomic E-state index is 12.9. The summed E-state index contributed by atoms with van der Waals surface area (Å²) < 4.78 is 0. The van der Waals surface area contributed by atoms with Crippen molar-refractivity contribution in [3.63, 3.8) is 0 Å². The standard InChI is InChI=1S/C18H24ClN3O2/c1-13-5-3-4-10-18(13)16(23)22(17(24)20-18)12-21(2)11-14-6-8-15(19)9-7-14/h6-9,13H,3-5,10-12H2,1-2H3,(H,20,24)/t13-,18+/m0/s1. The molecule has 0 radical (unpaired) electrons. The Morgan fingerprint density at radius 2 is 2.00 bits per heavy atom. The van der Waals surface area contributed by atoms with Gasteiger partial charge >= 0.3 is 6.03 Å². The van der Waals surface area contributed by atoms with Crippen LogP contribution in [-0.2, 0) is 11.3 Å². The van der Waals surface area contributed by atoms with E-state index in [0.717, 1.165) is 31.2 Å². The van der Waals surface area contributed by atoms with Crippen LogP contribution in [0.25, 0.3) is 0 Å². The van der Waals surface area contributed by atoms with Gasteiger partial charge in [0.1, 0.15) is 5.54 Å².